The minimum atomic E-state index is -0.201. The van der Waals surface area contributed by atoms with Crippen LogP contribution in [0.1, 0.15) is 12.8 Å². The lowest BCUT2D eigenvalue weighted by Gasteiger charge is -2.32. The molecule has 0 radical (unpaired) electrons. The van der Waals surface area contributed by atoms with Crippen molar-refractivity contribution in [3.05, 3.63) is 55.2 Å². The van der Waals surface area contributed by atoms with Gasteiger partial charge in [-0.1, -0.05) is 12.1 Å². The van der Waals surface area contributed by atoms with Gasteiger partial charge in [0, 0.05) is 37.4 Å². The summed E-state index contributed by atoms with van der Waals surface area (Å²) < 4.78 is 1.74. The van der Waals surface area contributed by atoms with Crippen LogP contribution in [-0.2, 0) is 16.1 Å². The van der Waals surface area contributed by atoms with Crippen molar-refractivity contribution >= 4 is 17.5 Å². The highest BCUT2D eigenvalue weighted by molar-refractivity contribution is 5.93. The number of likely N-dealkylation sites (tertiary alicyclic amines) is 1. The molecule has 8 heteroatoms. The van der Waals surface area contributed by atoms with E-state index in [1.807, 2.05) is 30.3 Å². The van der Waals surface area contributed by atoms with Crippen LogP contribution >= 0.6 is 0 Å². The molecule has 0 aliphatic carbocycles. The Bertz CT molecular complexity index is 918. The van der Waals surface area contributed by atoms with E-state index in [2.05, 4.69) is 20.5 Å². The minimum Gasteiger partial charge on any atom is -0.340 e. The molecule has 0 spiro atoms. The van der Waals surface area contributed by atoms with Gasteiger partial charge in [-0.25, -0.2) is 4.98 Å². The Morgan fingerprint density at radius 3 is 2.75 bits per heavy atom. The third kappa shape index (κ3) is 4.11. The smallest absolute Gasteiger partial charge is 0.242 e. The van der Waals surface area contributed by atoms with Crippen molar-refractivity contribution in [2.75, 3.05) is 18.4 Å². The van der Waals surface area contributed by atoms with Gasteiger partial charge in [-0.3, -0.25) is 14.7 Å². The Labute approximate surface area is 162 Å². The Morgan fingerprint density at radius 1 is 1.18 bits per heavy atom. The van der Waals surface area contributed by atoms with Gasteiger partial charge in [0.25, 0.3) is 0 Å². The van der Waals surface area contributed by atoms with Crippen molar-refractivity contribution in [3.63, 3.8) is 0 Å². The number of piperidine rings is 1. The number of aromatic amines is 1. The van der Waals surface area contributed by atoms with Gasteiger partial charge in [0.1, 0.15) is 6.54 Å². The van der Waals surface area contributed by atoms with Crippen LogP contribution in [0.25, 0.3) is 11.3 Å². The number of aromatic nitrogens is 4. The molecule has 1 aliphatic heterocycles. The molecule has 1 aromatic carbocycles. The maximum Gasteiger partial charge on any atom is 0.242 e. The Kier molecular flexibility index (Phi) is 5.18. The molecule has 1 atom stereocenters. The molecule has 4 rings (SSSR count). The van der Waals surface area contributed by atoms with Crippen LogP contribution < -0.4 is 5.32 Å². The SMILES string of the molecule is O=C(Nc1ccc(-c2ccn[nH]2)cc1)[C@@H]1CCCN(C(=O)Cn2ccnc2)C1. The first-order chi connectivity index (χ1) is 13.7. The van der Waals surface area contributed by atoms with E-state index in [9.17, 15) is 9.59 Å². The van der Waals surface area contributed by atoms with Crippen LogP contribution in [0.2, 0.25) is 0 Å². The Hall–Kier alpha value is -3.42. The molecule has 2 amide bonds. The van der Waals surface area contributed by atoms with Crippen molar-refractivity contribution < 1.29 is 9.59 Å². The maximum absolute atomic E-state index is 12.7. The average Bonchev–Trinajstić information content (AvgIpc) is 3.43. The van der Waals surface area contributed by atoms with Gasteiger partial charge < -0.3 is 14.8 Å². The van der Waals surface area contributed by atoms with E-state index >= 15 is 0 Å². The summed E-state index contributed by atoms with van der Waals surface area (Å²) in [6, 6.07) is 9.51. The molecule has 0 bridgehead atoms. The summed E-state index contributed by atoms with van der Waals surface area (Å²) in [5.41, 5.74) is 2.68. The van der Waals surface area contributed by atoms with Crippen LogP contribution in [0.4, 0.5) is 5.69 Å². The zero-order chi connectivity index (χ0) is 19.3. The van der Waals surface area contributed by atoms with Gasteiger partial charge in [-0.15, -0.1) is 0 Å². The molecule has 0 saturated carbocycles. The van der Waals surface area contributed by atoms with E-state index in [1.54, 1.807) is 34.4 Å². The largest absolute Gasteiger partial charge is 0.340 e. The zero-order valence-corrected chi connectivity index (χ0v) is 15.4. The first-order valence-electron chi connectivity index (χ1n) is 9.33. The number of imidazole rings is 1. The topological polar surface area (TPSA) is 95.9 Å². The van der Waals surface area contributed by atoms with E-state index < -0.39 is 0 Å². The van der Waals surface area contributed by atoms with Crippen molar-refractivity contribution in [1.29, 1.82) is 0 Å². The molecule has 28 heavy (non-hydrogen) atoms. The van der Waals surface area contributed by atoms with Crippen molar-refractivity contribution in [1.82, 2.24) is 24.6 Å². The van der Waals surface area contributed by atoms with Gasteiger partial charge in [0.15, 0.2) is 0 Å². The van der Waals surface area contributed by atoms with Crippen molar-refractivity contribution in [3.8, 4) is 11.3 Å². The fourth-order valence-corrected chi connectivity index (χ4v) is 3.45. The predicted octanol–water partition coefficient (Wildman–Crippen LogP) is 2.15. The monoisotopic (exact) mass is 378 g/mol. The summed E-state index contributed by atoms with van der Waals surface area (Å²) in [7, 11) is 0. The number of H-pyrrole nitrogens is 1. The number of carbonyl (C=O) groups is 2. The van der Waals surface area contributed by atoms with Gasteiger partial charge >= 0.3 is 0 Å². The van der Waals surface area contributed by atoms with Crippen LogP contribution in [0.5, 0.6) is 0 Å². The lowest BCUT2D eigenvalue weighted by molar-refractivity contribution is -0.135. The van der Waals surface area contributed by atoms with Gasteiger partial charge in [-0.05, 0) is 36.6 Å². The van der Waals surface area contributed by atoms with Crippen LogP contribution in [0.3, 0.4) is 0 Å². The average molecular weight is 378 g/mol. The second-order valence-corrected chi connectivity index (χ2v) is 6.95. The zero-order valence-electron chi connectivity index (χ0n) is 15.4. The molecular formula is C20H22N6O2. The molecule has 1 saturated heterocycles. The number of hydrogen-bond acceptors (Lipinski definition) is 4. The second-order valence-electron chi connectivity index (χ2n) is 6.95. The van der Waals surface area contributed by atoms with E-state index in [4.69, 9.17) is 0 Å². The van der Waals surface area contributed by atoms with Gasteiger partial charge in [-0.2, -0.15) is 5.10 Å². The third-order valence-electron chi connectivity index (χ3n) is 4.99. The Balaban J connectivity index is 1.34. The normalized spacial score (nSPS) is 16.7. The quantitative estimate of drug-likeness (QED) is 0.711. The molecule has 3 heterocycles. The molecule has 8 nitrogen and oxygen atoms in total. The lowest BCUT2D eigenvalue weighted by atomic mass is 9.97. The number of rotatable bonds is 5. The highest BCUT2D eigenvalue weighted by atomic mass is 16.2. The molecule has 1 fully saturated rings. The van der Waals surface area contributed by atoms with E-state index in [0.29, 0.717) is 13.1 Å². The second kappa shape index (κ2) is 8.08. The Morgan fingerprint density at radius 2 is 2.04 bits per heavy atom. The summed E-state index contributed by atoms with van der Waals surface area (Å²) in [6.45, 7) is 1.39. The number of benzene rings is 1. The summed E-state index contributed by atoms with van der Waals surface area (Å²) >= 11 is 0. The number of nitrogens with one attached hydrogen (secondary N) is 2. The highest BCUT2D eigenvalue weighted by Gasteiger charge is 2.28. The maximum atomic E-state index is 12.7. The summed E-state index contributed by atoms with van der Waals surface area (Å²) in [5, 5.41) is 9.83. The summed E-state index contributed by atoms with van der Waals surface area (Å²) in [5.74, 6) is -0.235. The molecule has 2 N–H and O–H groups in total. The molecule has 144 valence electrons. The number of anilines is 1. The van der Waals surface area contributed by atoms with E-state index in [1.165, 1.54) is 0 Å². The fourth-order valence-electron chi connectivity index (χ4n) is 3.45. The predicted molar refractivity (Wildman–Crippen MR) is 104 cm³/mol. The molecule has 0 unspecified atom stereocenters. The number of carbonyl (C=O) groups excluding carboxylic acids is 2. The molecule has 1 aliphatic rings. The van der Waals surface area contributed by atoms with Crippen LogP contribution in [0, 0.1) is 5.92 Å². The number of nitrogens with zero attached hydrogens (tertiary/aromatic N) is 4. The summed E-state index contributed by atoms with van der Waals surface area (Å²) in [6.07, 6.45) is 8.35. The number of hydrogen-bond donors (Lipinski definition) is 2. The van der Waals surface area contributed by atoms with Crippen molar-refractivity contribution in [2.45, 2.75) is 19.4 Å². The first kappa shape index (κ1) is 18.0. The van der Waals surface area contributed by atoms with E-state index in [0.717, 1.165) is 29.8 Å². The fraction of sp³-hybridized carbons (Fsp3) is 0.300. The summed E-state index contributed by atoms with van der Waals surface area (Å²) in [4.78, 5) is 30.9. The molecular weight excluding hydrogens is 356 g/mol. The van der Waals surface area contributed by atoms with Crippen molar-refractivity contribution in [2.24, 2.45) is 5.92 Å². The minimum absolute atomic E-state index is 0.0133. The van der Waals surface area contributed by atoms with Gasteiger partial charge in [0.2, 0.25) is 11.8 Å². The molecule has 3 aromatic rings. The van der Waals surface area contributed by atoms with Crippen LogP contribution in [0.15, 0.2) is 55.2 Å². The lowest BCUT2D eigenvalue weighted by Crippen LogP contribution is -2.44. The van der Waals surface area contributed by atoms with Crippen LogP contribution in [-0.4, -0.2) is 49.6 Å². The standard InChI is InChI=1S/C20H22N6O2/c27-19(13-25-11-9-21-14-25)26-10-1-2-16(12-26)20(28)23-17-5-3-15(4-6-17)18-7-8-22-24-18/h3-9,11,14,16H,1-2,10,12-13H2,(H,22,24)(H,23,28)/t16-/m1/s1. The molecule has 2 aromatic heterocycles. The third-order valence-corrected chi connectivity index (χ3v) is 4.99. The number of amides is 2. The first-order valence-corrected chi connectivity index (χ1v) is 9.33. The highest BCUT2D eigenvalue weighted by Crippen LogP contribution is 2.22. The van der Waals surface area contributed by atoms with E-state index in [-0.39, 0.29) is 24.3 Å². The van der Waals surface area contributed by atoms with Gasteiger partial charge in [0.05, 0.1) is 17.9 Å².